The molecular weight excluding hydrogens is 468 g/mol. The van der Waals surface area contributed by atoms with Crippen molar-refractivity contribution in [3.63, 3.8) is 0 Å². The Morgan fingerprint density at radius 3 is 2.85 bits per heavy atom. The van der Waals surface area contributed by atoms with E-state index in [0.29, 0.717) is 49.0 Å². The van der Waals surface area contributed by atoms with Crippen molar-refractivity contribution < 1.29 is 27.4 Å². The number of nitrogens with zero attached hydrogens (tertiary/aromatic N) is 2. The maximum Gasteiger partial charge on any atom is 0.420 e. The number of carbonyl (C=O) groups is 1. The van der Waals surface area contributed by atoms with Gasteiger partial charge in [0.2, 0.25) is 16.0 Å². The van der Waals surface area contributed by atoms with Gasteiger partial charge in [0.1, 0.15) is 13.2 Å². The molecule has 1 unspecified atom stereocenters. The van der Waals surface area contributed by atoms with Crippen LogP contribution in [0.1, 0.15) is 17.7 Å². The van der Waals surface area contributed by atoms with Crippen LogP contribution in [0.15, 0.2) is 46.8 Å². The number of anilines is 1. The maximum absolute atomic E-state index is 12.9. The van der Waals surface area contributed by atoms with E-state index in [9.17, 15) is 13.2 Å². The molecule has 33 heavy (non-hydrogen) atoms. The van der Waals surface area contributed by atoms with E-state index in [1.165, 1.54) is 23.5 Å². The van der Waals surface area contributed by atoms with E-state index in [4.69, 9.17) is 14.2 Å². The van der Waals surface area contributed by atoms with Gasteiger partial charge in [-0.1, -0.05) is 0 Å². The number of thiophene rings is 1. The fraction of sp³-hybridized carbons (Fsp3) is 0.286. The number of rotatable bonds is 5. The van der Waals surface area contributed by atoms with Gasteiger partial charge in [-0.05, 0) is 54.5 Å². The van der Waals surface area contributed by atoms with E-state index < -0.39 is 16.1 Å². The topological polar surface area (TPSA) is 129 Å². The lowest BCUT2D eigenvalue weighted by atomic mass is 9.94. The van der Waals surface area contributed by atoms with Crippen molar-refractivity contribution in [2.75, 3.05) is 18.5 Å². The molecule has 1 aliphatic heterocycles. The Hall–Kier alpha value is -3.22. The second-order valence-electron chi connectivity index (χ2n) is 7.48. The lowest BCUT2D eigenvalue weighted by molar-refractivity contribution is 0.171. The molecule has 1 atom stereocenters. The molecule has 2 aliphatic rings. The average Bonchev–Trinajstić information content (AvgIpc) is 3.31. The molecule has 2 N–H and O–H groups in total. The number of ether oxygens (including phenoxy) is 3. The fourth-order valence-electron chi connectivity index (χ4n) is 3.68. The van der Waals surface area contributed by atoms with Gasteiger partial charge in [-0.15, -0.1) is 11.3 Å². The van der Waals surface area contributed by atoms with Crippen LogP contribution in [0, 0.1) is 0 Å². The van der Waals surface area contributed by atoms with E-state index in [2.05, 4.69) is 20.0 Å². The van der Waals surface area contributed by atoms with Crippen LogP contribution in [0.2, 0.25) is 0 Å². The lowest BCUT2D eigenvalue weighted by Gasteiger charge is -2.25. The standard InChI is InChI=1S/C21H20N4O6S2/c26-21(31-19-2-1-9-32-19)24-20-22-12-13-10-14(3-5-16(13)23-20)25-33(27,28)15-4-6-17-18(11-15)30-8-7-29-17/h1-2,4,6,9,11-12,14,25H,3,5,7-8,10H2,(H,22,23,24,26). The minimum Gasteiger partial charge on any atom is -0.486 e. The Kier molecular flexibility index (Phi) is 5.87. The largest absolute Gasteiger partial charge is 0.486 e. The number of hydrogen-bond acceptors (Lipinski definition) is 9. The smallest absolute Gasteiger partial charge is 0.420 e. The third-order valence-electron chi connectivity index (χ3n) is 5.20. The predicted octanol–water partition coefficient (Wildman–Crippen LogP) is 2.76. The molecule has 5 rings (SSSR count). The van der Waals surface area contributed by atoms with Crippen LogP contribution in [-0.4, -0.2) is 43.7 Å². The van der Waals surface area contributed by atoms with E-state index in [1.807, 2.05) is 0 Å². The molecule has 1 amide bonds. The van der Waals surface area contributed by atoms with Gasteiger partial charge in [-0.2, -0.15) is 0 Å². The van der Waals surface area contributed by atoms with Crippen LogP contribution >= 0.6 is 11.3 Å². The number of aryl methyl sites for hydroxylation is 1. The number of hydrogen-bond donors (Lipinski definition) is 2. The summed E-state index contributed by atoms with van der Waals surface area (Å²) in [6.07, 6.45) is 2.48. The second-order valence-corrected chi connectivity index (χ2v) is 10.1. The van der Waals surface area contributed by atoms with Gasteiger partial charge in [0.05, 0.1) is 4.90 Å². The first kappa shape index (κ1) is 21.6. The first-order chi connectivity index (χ1) is 16.0. The summed E-state index contributed by atoms with van der Waals surface area (Å²) >= 11 is 1.30. The summed E-state index contributed by atoms with van der Waals surface area (Å²) in [5.41, 5.74) is 1.60. The van der Waals surface area contributed by atoms with Crippen molar-refractivity contribution in [1.29, 1.82) is 0 Å². The van der Waals surface area contributed by atoms with E-state index >= 15 is 0 Å². The third kappa shape index (κ3) is 4.92. The number of aromatic nitrogens is 2. The Morgan fingerprint density at radius 1 is 1.18 bits per heavy atom. The van der Waals surface area contributed by atoms with Crippen LogP contribution in [0.4, 0.5) is 10.7 Å². The van der Waals surface area contributed by atoms with Crippen LogP contribution in [-0.2, 0) is 22.9 Å². The van der Waals surface area contributed by atoms with Crippen molar-refractivity contribution in [2.45, 2.75) is 30.2 Å². The second kappa shape index (κ2) is 8.96. The van der Waals surface area contributed by atoms with Gasteiger partial charge in [-0.25, -0.2) is 27.9 Å². The first-order valence-corrected chi connectivity index (χ1v) is 12.6. The van der Waals surface area contributed by atoms with E-state index in [0.717, 1.165) is 11.3 Å². The molecule has 0 fully saturated rings. The molecular formula is C21H20N4O6S2. The Bertz CT molecular complexity index is 1280. The highest BCUT2D eigenvalue weighted by Gasteiger charge is 2.27. The van der Waals surface area contributed by atoms with Crippen molar-refractivity contribution in [2.24, 2.45) is 0 Å². The number of nitrogens with one attached hydrogen (secondary N) is 2. The zero-order chi connectivity index (χ0) is 22.8. The molecule has 1 aromatic carbocycles. The molecule has 12 heteroatoms. The normalized spacial score (nSPS) is 17.2. The highest BCUT2D eigenvalue weighted by atomic mass is 32.2. The van der Waals surface area contributed by atoms with E-state index in [1.54, 1.807) is 29.8 Å². The molecule has 0 saturated carbocycles. The summed E-state index contributed by atoms with van der Waals surface area (Å²) in [5.74, 6) is 1.10. The monoisotopic (exact) mass is 488 g/mol. The third-order valence-corrected chi connectivity index (χ3v) is 7.46. The summed E-state index contributed by atoms with van der Waals surface area (Å²) in [5, 5.41) is 4.79. The number of amides is 1. The van der Waals surface area contributed by atoms with Gasteiger partial charge in [0.15, 0.2) is 16.6 Å². The minimum absolute atomic E-state index is 0.123. The predicted molar refractivity (Wildman–Crippen MR) is 120 cm³/mol. The van der Waals surface area contributed by atoms with Gasteiger partial charge in [0, 0.05) is 24.0 Å². The summed E-state index contributed by atoms with van der Waals surface area (Å²) in [6, 6.07) is 7.74. The number of carbonyl (C=O) groups excluding carboxylic acids is 1. The zero-order valence-electron chi connectivity index (χ0n) is 17.3. The number of sulfonamides is 1. The Labute approximate surface area is 194 Å². The first-order valence-electron chi connectivity index (χ1n) is 10.3. The quantitative estimate of drug-likeness (QED) is 0.561. The van der Waals surface area contributed by atoms with Crippen molar-refractivity contribution in [1.82, 2.24) is 14.7 Å². The molecule has 0 saturated heterocycles. The fourth-order valence-corrected chi connectivity index (χ4v) is 5.53. The van der Waals surface area contributed by atoms with Gasteiger partial charge >= 0.3 is 6.09 Å². The molecule has 3 aromatic rings. The lowest BCUT2D eigenvalue weighted by Crippen LogP contribution is -2.39. The van der Waals surface area contributed by atoms with Crippen LogP contribution < -0.4 is 24.2 Å². The molecule has 172 valence electrons. The Balaban J connectivity index is 1.23. The summed E-state index contributed by atoms with van der Waals surface area (Å²) in [4.78, 5) is 20.7. The highest BCUT2D eigenvalue weighted by Crippen LogP contribution is 2.32. The molecule has 10 nitrogen and oxygen atoms in total. The van der Waals surface area contributed by atoms with Crippen LogP contribution in [0.25, 0.3) is 0 Å². The zero-order valence-corrected chi connectivity index (χ0v) is 18.9. The van der Waals surface area contributed by atoms with Crippen molar-refractivity contribution in [3.8, 4) is 16.6 Å². The number of fused-ring (bicyclic) bond motifs is 2. The van der Waals surface area contributed by atoms with Crippen LogP contribution in [0.5, 0.6) is 16.6 Å². The van der Waals surface area contributed by atoms with Crippen molar-refractivity contribution in [3.05, 3.63) is 53.2 Å². The van der Waals surface area contributed by atoms with Crippen LogP contribution in [0.3, 0.4) is 0 Å². The maximum atomic E-state index is 12.9. The van der Waals surface area contributed by atoms with Gasteiger partial charge in [-0.3, -0.25) is 5.32 Å². The molecule has 1 aliphatic carbocycles. The summed E-state index contributed by atoms with van der Waals surface area (Å²) in [7, 11) is -3.74. The molecule has 0 radical (unpaired) electrons. The Morgan fingerprint density at radius 2 is 2.03 bits per heavy atom. The van der Waals surface area contributed by atoms with Gasteiger partial charge < -0.3 is 14.2 Å². The number of benzene rings is 1. The molecule has 2 aromatic heterocycles. The SMILES string of the molecule is O=C(Nc1ncc2c(n1)CCC(NS(=O)(=O)c1ccc3c(c1)OCCO3)C2)Oc1cccs1. The summed E-state index contributed by atoms with van der Waals surface area (Å²) in [6.45, 7) is 0.819. The minimum atomic E-state index is -3.74. The van der Waals surface area contributed by atoms with Crippen molar-refractivity contribution >= 4 is 33.4 Å². The average molecular weight is 489 g/mol. The molecule has 0 spiro atoms. The van der Waals surface area contributed by atoms with E-state index in [-0.39, 0.29) is 16.9 Å². The molecule has 3 heterocycles. The van der Waals surface area contributed by atoms with Gasteiger partial charge in [0.25, 0.3) is 0 Å². The molecule has 0 bridgehead atoms. The summed E-state index contributed by atoms with van der Waals surface area (Å²) < 4.78 is 44.7. The highest BCUT2D eigenvalue weighted by molar-refractivity contribution is 7.89.